The number of imidazole rings is 1. The number of hydrogen-bond donors (Lipinski definition) is 3. The number of nitrogens with one attached hydrogen (secondary N) is 3. The quantitative estimate of drug-likeness (QED) is 0.653. The number of H-pyrrole nitrogens is 2. The van der Waals surface area contributed by atoms with E-state index in [9.17, 15) is 13.2 Å². The first kappa shape index (κ1) is 17.3. The van der Waals surface area contributed by atoms with E-state index in [1.165, 1.54) is 0 Å². The van der Waals surface area contributed by atoms with Crippen LogP contribution in [0.3, 0.4) is 0 Å². The standard InChI is InChI=1S/C18H21N3O3S/c1-11(2)8-13-4-6-14(7-5-13)25(23,24)21-15-10-17-16(9-12(15)3)19-18(22)20-17/h4-7,9-11,21H,8H2,1-3H3,(H2,19,20,22). The van der Waals surface area contributed by atoms with Gasteiger partial charge in [-0.05, 0) is 54.7 Å². The zero-order valence-electron chi connectivity index (χ0n) is 14.4. The normalized spacial score (nSPS) is 12.0. The van der Waals surface area contributed by atoms with Crippen LogP contribution in [0.25, 0.3) is 11.0 Å². The monoisotopic (exact) mass is 359 g/mol. The van der Waals surface area contributed by atoms with Gasteiger partial charge in [0.2, 0.25) is 0 Å². The summed E-state index contributed by atoms with van der Waals surface area (Å²) in [6, 6.07) is 10.3. The third-order valence-electron chi connectivity index (χ3n) is 3.98. The number of aromatic nitrogens is 2. The number of hydrogen-bond acceptors (Lipinski definition) is 3. The fourth-order valence-electron chi connectivity index (χ4n) is 2.78. The zero-order valence-corrected chi connectivity index (χ0v) is 15.2. The van der Waals surface area contributed by atoms with Crippen molar-refractivity contribution in [3.05, 3.63) is 58.0 Å². The van der Waals surface area contributed by atoms with Gasteiger partial charge in [0.05, 0.1) is 21.6 Å². The predicted molar refractivity (Wildman–Crippen MR) is 99.4 cm³/mol. The lowest BCUT2D eigenvalue weighted by Gasteiger charge is -2.12. The number of rotatable bonds is 5. The average Bonchev–Trinajstić information content (AvgIpc) is 2.86. The number of aryl methyl sites for hydroxylation is 1. The van der Waals surface area contributed by atoms with Crippen molar-refractivity contribution >= 4 is 26.7 Å². The van der Waals surface area contributed by atoms with Crippen LogP contribution in [0.1, 0.15) is 25.0 Å². The Kier molecular flexibility index (Phi) is 4.43. The summed E-state index contributed by atoms with van der Waals surface area (Å²) in [6.07, 6.45) is 0.907. The molecule has 0 aliphatic carbocycles. The van der Waals surface area contributed by atoms with Gasteiger partial charge < -0.3 is 9.97 Å². The molecule has 0 fully saturated rings. The molecule has 1 aromatic heterocycles. The molecule has 0 aliphatic rings. The molecular formula is C18H21N3O3S. The molecule has 0 unspecified atom stereocenters. The van der Waals surface area contributed by atoms with Gasteiger partial charge in [0.25, 0.3) is 10.0 Å². The molecule has 3 N–H and O–H groups in total. The maximum atomic E-state index is 12.6. The van der Waals surface area contributed by atoms with Gasteiger partial charge in [0, 0.05) is 0 Å². The Balaban J connectivity index is 1.90. The van der Waals surface area contributed by atoms with E-state index in [-0.39, 0.29) is 10.6 Å². The van der Waals surface area contributed by atoms with Gasteiger partial charge in [-0.15, -0.1) is 0 Å². The molecule has 132 valence electrons. The number of benzene rings is 2. The second-order valence-corrected chi connectivity index (χ2v) is 8.32. The highest BCUT2D eigenvalue weighted by Crippen LogP contribution is 2.24. The highest BCUT2D eigenvalue weighted by Gasteiger charge is 2.16. The van der Waals surface area contributed by atoms with Gasteiger partial charge in [0.1, 0.15) is 0 Å². The first-order valence-corrected chi connectivity index (χ1v) is 9.57. The Hall–Kier alpha value is -2.54. The largest absolute Gasteiger partial charge is 0.323 e. The molecular weight excluding hydrogens is 338 g/mol. The van der Waals surface area contributed by atoms with Gasteiger partial charge in [-0.3, -0.25) is 4.72 Å². The Morgan fingerprint density at radius 1 is 1.04 bits per heavy atom. The number of fused-ring (bicyclic) bond motifs is 1. The minimum atomic E-state index is -3.70. The second-order valence-electron chi connectivity index (χ2n) is 6.64. The van der Waals surface area contributed by atoms with Crippen LogP contribution in [-0.4, -0.2) is 18.4 Å². The van der Waals surface area contributed by atoms with Crippen molar-refractivity contribution in [2.45, 2.75) is 32.1 Å². The van der Waals surface area contributed by atoms with E-state index in [2.05, 4.69) is 28.5 Å². The second kappa shape index (κ2) is 6.40. The summed E-state index contributed by atoms with van der Waals surface area (Å²) in [5.74, 6) is 0.512. The van der Waals surface area contributed by atoms with Gasteiger partial charge >= 0.3 is 5.69 Å². The topological polar surface area (TPSA) is 94.8 Å². The molecule has 3 aromatic rings. The van der Waals surface area contributed by atoms with Crippen LogP contribution in [0, 0.1) is 12.8 Å². The first-order valence-electron chi connectivity index (χ1n) is 8.09. The van der Waals surface area contributed by atoms with Gasteiger partial charge in [-0.1, -0.05) is 26.0 Å². The molecule has 0 atom stereocenters. The first-order chi connectivity index (χ1) is 11.7. The third-order valence-corrected chi connectivity index (χ3v) is 5.36. The Bertz CT molecular complexity index is 1060. The van der Waals surface area contributed by atoms with Gasteiger partial charge in [-0.25, -0.2) is 13.2 Å². The summed E-state index contributed by atoms with van der Waals surface area (Å²) in [7, 11) is -3.70. The summed E-state index contributed by atoms with van der Waals surface area (Å²) in [4.78, 5) is 16.9. The minimum Gasteiger partial charge on any atom is -0.306 e. The van der Waals surface area contributed by atoms with E-state index in [4.69, 9.17) is 0 Å². The maximum absolute atomic E-state index is 12.6. The van der Waals surface area contributed by atoms with Crippen molar-refractivity contribution in [3.63, 3.8) is 0 Å². The number of sulfonamides is 1. The van der Waals surface area contributed by atoms with Crippen molar-refractivity contribution < 1.29 is 8.42 Å². The van der Waals surface area contributed by atoms with Crippen LogP contribution >= 0.6 is 0 Å². The Morgan fingerprint density at radius 3 is 2.24 bits per heavy atom. The summed E-state index contributed by atoms with van der Waals surface area (Å²) < 4.78 is 27.9. The molecule has 0 bridgehead atoms. The summed E-state index contributed by atoms with van der Waals surface area (Å²) in [6.45, 7) is 6.03. The van der Waals surface area contributed by atoms with Gasteiger partial charge in [-0.2, -0.15) is 0 Å². The molecule has 7 heteroatoms. The number of aromatic amines is 2. The van der Waals surface area contributed by atoms with Crippen molar-refractivity contribution in [2.24, 2.45) is 5.92 Å². The molecule has 1 heterocycles. The summed E-state index contributed by atoms with van der Waals surface area (Å²) in [5.41, 5.74) is 3.15. The van der Waals surface area contributed by atoms with Crippen molar-refractivity contribution in [1.82, 2.24) is 9.97 Å². The van der Waals surface area contributed by atoms with E-state index in [1.807, 2.05) is 12.1 Å². The summed E-state index contributed by atoms with van der Waals surface area (Å²) >= 11 is 0. The van der Waals surface area contributed by atoms with Crippen LogP contribution < -0.4 is 10.4 Å². The molecule has 3 rings (SSSR count). The highest BCUT2D eigenvalue weighted by atomic mass is 32.2. The van der Waals surface area contributed by atoms with E-state index in [0.717, 1.165) is 17.5 Å². The zero-order chi connectivity index (χ0) is 18.2. The highest BCUT2D eigenvalue weighted by molar-refractivity contribution is 7.92. The molecule has 6 nitrogen and oxygen atoms in total. The Labute approximate surface area is 146 Å². The number of anilines is 1. The van der Waals surface area contributed by atoms with E-state index in [0.29, 0.717) is 22.6 Å². The Morgan fingerprint density at radius 2 is 1.64 bits per heavy atom. The molecule has 0 saturated carbocycles. The average molecular weight is 359 g/mol. The molecule has 0 amide bonds. The van der Waals surface area contributed by atoms with Crippen LogP contribution in [0.4, 0.5) is 5.69 Å². The lowest BCUT2D eigenvalue weighted by atomic mass is 10.0. The third kappa shape index (κ3) is 3.76. The van der Waals surface area contributed by atoms with Crippen molar-refractivity contribution in [1.29, 1.82) is 0 Å². The van der Waals surface area contributed by atoms with Gasteiger partial charge in [0.15, 0.2) is 0 Å². The SMILES string of the molecule is Cc1cc2[nH]c(=O)[nH]c2cc1NS(=O)(=O)c1ccc(CC(C)C)cc1. The maximum Gasteiger partial charge on any atom is 0.323 e. The van der Waals surface area contributed by atoms with Crippen LogP contribution in [0.15, 0.2) is 46.1 Å². The predicted octanol–water partition coefficient (Wildman–Crippen LogP) is 3.16. The molecule has 0 spiro atoms. The molecule has 0 aliphatic heterocycles. The van der Waals surface area contributed by atoms with E-state index >= 15 is 0 Å². The van der Waals surface area contributed by atoms with Crippen molar-refractivity contribution in [3.8, 4) is 0 Å². The van der Waals surface area contributed by atoms with Crippen LogP contribution in [0.5, 0.6) is 0 Å². The molecule has 0 radical (unpaired) electrons. The fourth-order valence-corrected chi connectivity index (χ4v) is 3.90. The lowest BCUT2D eigenvalue weighted by molar-refractivity contribution is 0.601. The molecule has 0 saturated heterocycles. The smallest absolute Gasteiger partial charge is 0.306 e. The summed E-state index contributed by atoms with van der Waals surface area (Å²) in [5, 5.41) is 0. The molecule has 2 aromatic carbocycles. The van der Waals surface area contributed by atoms with E-state index in [1.54, 1.807) is 31.2 Å². The van der Waals surface area contributed by atoms with Crippen molar-refractivity contribution in [2.75, 3.05) is 4.72 Å². The lowest BCUT2D eigenvalue weighted by Crippen LogP contribution is -2.14. The van der Waals surface area contributed by atoms with Crippen LogP contribution in [-0.2, 0) is 16.4 Å². The fraction of sp³-hybridized carbons (Fsp3) is 0.278. The molecule has 25 heavy (non-hydrogen) atoms. The van der Waals surface area contributed by atoms with E-state index < -0.39 is 10.0 Å². The minimum absolute atomic E-state index is 0.210. The van der Waals surface area contributed by atoms with Crippen LogP contribution in [0.2, 0.25) is 0 Å².